The van der Waals surface area contributed by atoms with Gasteiger partial charge in [-0.3, -0.25) is 0 Å². The van der Waals surface area contributed by atoms with E-state index >= 15 is 0 Å². The van der Waals surface area contributed by atoms with Crippen molar-refractivity contribution in [3.8, 4) is 0 Å². The maximum Gasteiger partial charge on any atom is 0.0428 e. The van der Waals surface area contributed by atoms with Crippen LogP contribution in [0.2, 0.25) is 0 Å². The van der Waals surface area contributed by atoms with Crippen molar-refractivity contribution in [2.24, 2.45) is 11.6 Å². The van der Waals surface area contributed by atoms with Gasteiger partial charge in [-0.05, 0) is 25.1 Å². The fourth-order valence-corrected chi connectivity index (χ4v) is 0.103. The maximum absolute atomic E-state index is 7.25. The average Bonchev–Trinajstić information content (AvgIpc) is 2.09. The molecule has 0 amide bonds. The lowest BCUT2D eigenvalue weighted by atomic mass is 10.5. The smallest absolute Gasteiger partial charge is 0.0428 e. The molecule has 0 aromatic heterocycles. The summed E-state index contributed by atoms with van der Waals surface area (Å²) in [6.45, 7) is -2.67. The van der Waals surface area contributed by atoms with E-state index in [1.807, 2.05) is 0 Å². The highest BCUT2D eigenvalue weighted by Gasteiger charge is 2.17. The molecule has 1 heteroatoms. The number of nitrogens with two attached hydrogens (primary N) is 1. The van der Waals surface area contributed by atoms with Gasteiger partial charge in [0, 0.05) is 9.60 Å². The predicted octanol–water partition coefficient (Wildman–Crippen LogP) is 0.355. The molecule has 0 saturated heterocycles. The van der Waals surface area contributed by atoms with E-state index in [1.54, 1.807) is 0 Å². The van der Waals surface area contributed by atoms with Gasteiger partial charge in [-0.1, -0.05) is 0 Å². The Bertz CT molecular complexity index is 202. The van der Waals surface area contributed by atoms with E-state index in [9.17, 15) is 0 Å². The standard InChI is InChI=1S/C4H9N/c5-3-4-1-2-4/h4H,1-3,5H2/i1D2,2D2,3D2,4D. The summed E-state index contributed by atoms with van der Waals surface area (Å²) in [6, 6.07) is 0. The third-order valence-electron chi connectivity index (χ3n) is 0.394. The Morgan fingerprint density at radius 3 is 3.00 bits per heavy atom. The molecule has 1 aliphatic carbocycles. The molecular weight excluding hydrogens is 62.1 g/mol. The summed E-state index contributed by atoms with van der Waals surface area (Å²) in [6.07, 6.45) is -5.03. The second kappa shape index (κ2) is 0.977. The lowest BCUT2D eigenvalue weighted by molar-refractivity contribution is 0.847. The van der Waals surface area contributed by atoms with Gasteiger partial charge >= 0.3 is 0 Å². The summed E-state index contributed by atoms with van der Waals surface area (Å²) in [5.74, 6) is -2.49. The lowest BCUT2D eigenvalue weighted by Crippen LogP contribution is -1.98. The fraction of sp³-hybridized carbons (Fsp3) is 1.00. The normalized spacial score (nSPS) is 73.4. The topological polar surface area (TPSA) is 26.0 Å². The van der Waals surface area contributed by atoms with Gasteiger partial charge in [0.05, 0.1) is 0 Å². The molecule has 0 bridgehead atoms. The van der Waals surface area contributed by atoms with Gasteiger partial charge in [0.1, 0.15) is 0 Å². The second-order valence-corrected chi connectivity index (χ2v) is 0.769. The van der Waals surface area contributed by atoms with Crippen LogP contribution in [0.15, 0.2) is 0 Å². The van der Waals surface area contributed by atoms with Gasteiger partial charge < -0.3 is 5.73 Å². The summed E-state index contributed by atoms with van der Waals surface area (Å²) in [5, 5.41) is 0. The van der Waals surface area contributed by atoms with E-state index in [4.69, 9.17) is 15.3 Å². The van der Waals surface area contributed by atoms with Crippen LogP contribution < -0.4 is 5.73 Å². The van der Waals surface area contributed by atoms with Crippen molar-refractivity contribution < 1.29 is 9.60 Å². The summed E-state index contributed by atoms with van der Waals surface area (Å²) >= 11 is 0. The first-order chi connectivity index (χ1) is 5.00. The molecule has 0 atom stereocenters. The molecule has 1 nitrogen and oxygen atoms in total. The molecule has 0 aromatic rings. The lowest BCUT2D eigenvalue weighted by Gasteiger charge is -1.74. The molecule has 1 fully saturated rings. The molecule has 5 heavy (non-hydrogen) atoms. The van der Waals surface area contributed by atoms with Crippen LogP contribution in [0.3, 0.4) is 0 Å². The SMILES string of the molecule is [2H]C([2H])(N)C1([2H])C([2H])([2H])C1([2H])[2H]. The number of rotatable bonds is 1. The highest BCUT2D eigenvalue weighted by Crippen LogP contribution is 2.26. The van der Waals surface area contributed by atoms with Crippen LogP contribution in [0.25, 0.3) is 0 Å². The van der Waals surface area contributed by atoms with E-state index in [2.05, 4.69) is 0 Å². The summed E-state index contributed by atoms with van der Waals surface area (Å²) in [7, 11) is 0. The Hall–Kier alpha value is -0.0400. The van der Waals surface area contributed by atoms with Crippen molar-refractivity contribution in [2.45, 2.75) is 12.7 Å². The first-order valence-corrected chi connectivity index (χ1v) is 1.29. The van der Waals surface area contributed by atoms with Crippen LogP contribution in [0.5, 0.6) is 0 Å². The summed E-state index contributed by atoms with van der Waals surface area (Å²) in [4.78, 5) is 0. The molecule has 1 rings (SSSR count). The molecule has 0 aromatic carbocycles. The molecule has 0 spiro atoms. The monoisotopic (exact) mass is 78.1 g/mol. The molecule has 0 unspecified atom stereocenters. The van der Waals surface area contributed by atoms with Gasteiger partial charge in [-0.25, -0.2) is 0 Å². The van der Waals surface area contributed by atoms with Crippen LogP contribution in [-0.2, 0) is 0 Å². The molecule has 1 saturated carbocycles. The molecule has 30 valence electrons. The van der Waals surface area contributed by atoms with Gasteiger partial charge in [0.25, 0.3) is 0 Å². The highest BCUT2D eigenvalue weighted by atomic mass is 14.6. The molecule has 0 radical (unpaired) electrons. The van der Waals surface area contributed by atoms with Crippen molar-refractivity contribution in [1.82, 2.24) is 0 Å². The van der Waals surface area contributed by atoms with Gasteiger partial charge in [0.2, 0.25) is 0 Å². The molecule has 1 aliphatic rings. The molecule has 0 aliphatic heterocycles. The summed E-state index contributed by atoms with van der Waals surface area (Å²) in [5.41, 5.74) is 4.89. The van der Waals surface area contributed by atoms with Crippen LogP contribution >= 0.6 is 0 Å². The van der Waals surface area contributed by atoms with Crippen molar-refractivity contribution in [1.29, 1.82) is 0 Å². The molecular formula is C4H9N. The zero-order valence-electron chi connectivity index (χ0n) is 9.58. The Kier molecular flexibility index (Phi) is 0.106. The molecule has 2 N–H and O–H groups in total. The van der Waals surface area contributed by atoms with Crippen molar-refractivity contribution >= 4 is 0 Å². The van der Waals surface area contributed by atoms with E-state index in [1.165, 1.54) is 0 Å². The summed E-state index contributed by atoms with van der Waals surface area (Å²) < 4.78 is 49.3. The minimum absolute atomic E-state index is 2.49. The predicted molar refractivity (Wildman–Crippen MR) is 21.8 cm³/mol. The van der Waals surface area contributed by atoms with Gasteiger partial charge in [-0.15, -0.1) is 0 Å². The van der Waals surface area contributed by atoms with Gasteiger partial charge in [-0.2, -0.15) is 0 Å². The van der Waals surface area contributed by atoms with Crippen LogP contribution in [0.4, 0.5) is 0 Å². The third-order valence-corrected chi connectivity index (χ3v) is 0.394. The Labute approximate surface area is 42.0 Å². The van der Waals surface area contributed by atoms with Crippen LogP contribution in [0.1, 0.15) is 22.3 Å². The van der Waals surface area contributed by atoms with E-state index in [0.29, 0.717) is 0 Å². The third kappa shape index (κ3) is 0.618. The maximum atomic E-state index is 7.25. The number of hydrogen-bond donors (Lipinski definition) is 1. The number of hydrogen-bond acceptors (Lipinski definition) is 1. The van der Waals surface area contributed by atoms with Crippen molar-refractivity contribution in [3.05, 3.63) is 0 Å². The van der Waals surface area contributed by atoms with E-state index in [-0.39, 0.29) is 0 Å². The Morgan fingerprint density at radius 1 is 2.40 bits per heavy atom. The largest absolute Gasteiger partial charge is 0.330 e. The van der Waals surface area contributed by atoms with E-state index < -0.39 is 25.1 Å². The quantitative estimate of drug-likeness (QED) is 0.481. The zero-order chi connectivity index (χ0) is 10.0. The highest BCUT2D eigenvalue weighted by molar-refractivity contribution is 4.72. The van der Waals surface area contributed by atoms with Crippen molar-refractivity contribution in [2.75, 3.05) is 6.50 Å². The Morgan fingerprint density at radius 2 is 3.00 bits per heavy atom. The van der Waals surface area contributed by atoms with Crippen molar-refractivity contribution in [3.63, 3.8) is 0 Å². The minimum Gasteiger partial charge on any atom is -0.330 e. The fourth-order valence-electron chi connectivity index (χ4n) is 0.103. The molecule has 0 heterocycles. The Balaban J connectivity index is 3.09. The van der Waals surface area contributed by atoms with Crippen LogP contribution in [-0.4, -0.2) is 6.50 Å². The van der Waals surface area contributed by atoms with Gasteiger partial charge in [0.15, 0.2) is 0 Å². The first-order valence-electron chi connectivity index (χ1n) is 4.79. The van der Waals surface area contributed by atoms with Crippen LogP contribution in [0, 0.1) is 5.89 Å². The van der Waals surface area contributed by atoms with E-state index in [0.717, 1.165) is 0 Å². The first kappa shape index (κ1) is 0.544. The minimum atomic E-state index is -2.67. The zero-order valence-corrected chi connectivity index (χ0v) is 2.58. The average molecular weight is 78.2 g/mol. The second-order valence-electron chi connectivity index (χ2n) is 0.769.